The summed E-state index contributed by atoms with van der Waals surface area (Å²) in [6.07, 6.45) is 0. The topological polar surface area (TPSA) is 116 Å². The molecule has 8 heteroatoms. The van der Waals surface area contributed by atoms with Crippen LogP contribution in [0.4, 0.5) is 0 Å². The summed E-state index contributed by atoms with van der Waals surface area (Å²) in [5, 5.41) is 10.4. The summed E-state index contributed by atoms with van der Waals surface area (Å²) >= 11 is 0. The van der Waals surface area contributed by atoms with Gasteiger partial charge in [0.1, 0.15) is 0 Å². The number of nitrogens with one attached hydrogen (secondary N) is 1. The van der Waals surface area contributed by atoms with E-state index in [4.69, 9.17) is 24.5 Å². The van der Waals surface area contributed by atoms with Crippen molar-refractivity contribution in [2.24, 2.45) is 0 Å². The van der Waals surface area contributed by atoms with Crippen LogP contribution in [0.2, 0.25) is 0 Å². The minimum absolute atomic E-state index is 0. The molecule has 6 nitrogen and oxygen atoms in total. The molecular weight excluding hydrogens is 218 g/mol. The van der Waals surface area contributed by atoms with E-state index < -0.39 is 7.82 Å². The van der Waals surface area contributed by atoms with E-state index in [2.05, 4.69) is 19.2 Å². The fraction of sp³-hybridized carbons (Fsp3) is 0.833. The number of nitrogens with zero attached hydrogens (tertiary/aromatic N) is 1. The SMILES string of the molecule is CC#N.CCNCC.O=P([O-])(O)O.[Na+]. The molecule has 3 N–H and O–H groups in total. The Balaban J connectivity index is -0.0000000535. The third kappa shape index (κ3) is 256. The molecule has 0 rings (SSSR count). The van der Waals surface area contributed by atoms with E-state index in [1.807, 2.05) is 0 Å². The molecule has 0 aromatic heterocycles. The Morgan fingerprint density at radius 1 is 1.43 bits per heavy atom. The predicted molar refractivity (Wildman–Crippen MR) is 47.5 cm³/mol. The molecule has 0 atom stereocenters. The van der Waals surface area contributed by atoms with Crippen molar-refractivity contribution in [1.29, 1.82) is 5.26 Å². The van der Waals surface area contributed by atoms with E-state index in [0.717, 1.165) is 13.1 Å². The van der Waals surface area contributed by atoms with Crippen LogP contribution in [0, 0.1) is 11.3 Å². The largest absolute Gasteiger partial charge is 1.00 e. The number of hydrogen-bond acceptors (Lipinski definition) is 4. The molecule has 0 aliphatic heterocycles. The summed E-state index contributed by atoms with van der Waals surface area (Å²) in [5.74, 6) is 0. The van der Waals surface area contributed by atoms with Crippen LogP contribution >= 0.6 is 7.82 Å². The van der Waals surface area contributed by atoms with Crippen molar-refractivity contribution in [2.75, 3.05) is 13.1 Å². The van der Waals surface area contributed by atoms with Gasteiger partial charge in [0.15, 0.2) is 0 Å². The van der Waals surface area contributed by atoms with Gasteiger partial charge in [-0.2, -0.15) is 5.26 Å². The molecule has 80 valence electrons. The molecular formula is C6H16N2NaO4P. The molecule has 0 spiro atoms. The van der Waals surface area contributed by atoms with Crippen molar-refractivity contribution < 1.29 is 48.8 Å². The zero-order valence-corrected chi connectivity index (χ0v) is 11.9. The van der Waals surface area contributed by atoms with Gasteiger partial charge in [-0.1, -0.05) is 13.8 Å². The number of rotatable bonds is 2. The second kappa shape index (κ2) is 19.2. The van der Waals surface area contributed by atoms with Crippen LogP contribution in [-0.4, -0.2) is 22.9 Å². The first-order chi connectivity index (χ1) is 5.83. The van der Waals surface area contributed by atoms with Gasteiger partial charge in [0.2, 0.25) is 0 Å². The maximum absolute atomic E-state index is 8.77. The smallest absolute Gasteiger partial charge is 0.756 e. The molecule has 0 aromatic carbocycles. The van der Waals surface area contributed by atoms with Crippen molar-refractivity contribution in [3.63, 3.8) is 0 Å². The van der Waals surface area contributed by atoms with Gasteiger partial charge < -0.3 is 20.0 Å². The summed E-state index contributed by atoms with van der Waals surface area (Å²) < 4.78 is 8.77. The van der Waals surface area contributed by atoms with Crippen molar-refractivity contribution in [1.82, 2.24) is 5.32 Å². The average Bonchev–Trinajstić information content (AvgIpc) is 1.87. The molecule has 0 amide bonds. The summed E-state index contributed by atoms with van der Waals surface area (Å²) in [5.41, 5.74) is 0. The fourth-order valence-electron chi connectivity index (χ4n) is 0.250. The molecule has 0 bridgehead atoms. The van der Waals surface area contributed by atoms with Gasteiger partial charge in [-0.05, 0) is 13.1 Å². The quantitative estimate of drug-likeness (QED) is 0.338. The van der Waals surface area contributed by atoms with Crippen molar-refractivity contribution in [3.05, 3.63) is 0 Å². The van der Waals surface area contributed by atoms with Crippen LogP contribution in [-0.2, 0) is 4.57 Å². The Labute approximate surface area is 107 Å². The second-order valence-corrected chi connectivity index (χ2v) is 2.65. The van der Waals surface area contributed by atoms with E-state index in [-0.39, 0.29) is 29.6 Å². The molecule has 0 heterocycles. The first kappa shape index (κ1) is 24.0. The molecule has 0 aliphatic rings. The Bertz CT molecular complexity index is 157. The third-order valence-corrected chi connectivity index (χ3v) is 0.500. The Morgan fingerprint density at radius 3 is 1.57 bits per heavy atom. The summed E-state index contributed by atoms with van der Waals surface area (Å²) in [6, 6.07) is 1.75. The first-order valence-corrected chi connectivity index (χ1v) is 5.14. The number of hydrogen-bond donors (Lipinski definition) is 3. The third-order valence-electron chi connectivity index (χ3n) is 0.500. The summed E-state index contributed by atoms with van der Waals surface area (Å²) in [4.78, 5) is 22.9. The predicted octanol–water partition coefficient (Wildman–Crippen LogP) is -3.41. The molecule has 0 unspecified atom stereocenters. The summed E-state index contributed by atoms with van der Waals surface area (Å²) in [7, 11) is -4.89. The van der Waals surface area contributed by atoms with E-state index in [9.17, 15) is 0 Å². The molecule has 0 radical (unpaired) electrons. The molecule has 0 saturated heterocycles. The van der Waals surface area contributed by atoms with Gasteiger partial charge in [0.05, 0.1) is 6.07 Å². The summed E-state index contributed by atoms with van der Waals surface area (Å²) in [6.45, 7) is 7.82. The van der Waals surface area contributed by atoms with E-state index in [1.165, 1.54) is 6.92 Å². The fourth-order valence-corrected chi connectivity index (χ4v) is 0.250. The Morgan fingerprint density at radius 2 is 1.57 bits per heavy atom. The monoisotopic (exact) mass is 234 g/mol. The van der Waals surface area contributed by atoms with Crippen LogP contribution in [0.1, 0.15) is 20.8 Å². The maximum Gasteiger partial charge on any atom is 1.00 e. The van der Waals surface area contributed by atoms with E-state index >= 15 is 0 Å². The average molecular weight is 234 g/mol. The maximum atomic E-state index is 8.77. The number of phosphoric acid groups is 1. The molecule has 14 heavy (non-hydrogen) atoms. The normalized spacial score (nSPS) is 7.79. The van der Waals surface area contributed by atoms with Crippen LogP contribution in [0.5, 0.6) is 0 Å². The van der Waals surface area contributed by atoms with Gasteiger partial charge in [-0.25, -0.2) is 0 Å². The van der Waals surface area contributed by atoms with Crippen molar-refractivity contribution >= 4 is 7.82 Å². The second-order valence-electron chi connectivity index (χ2n) is 1.67. The van der Waals surface area contributed by atoms with Gasteiger partial charge in [0.25, 0.3) is 7.82 Å². The Hall–Kier alpha value is 0.560. The molecule has 0 fully saturated rings. The zero-order chi connectivity index (χ0) is 11.3. The van der Waals surface area contributed by atoms with Crippen LogP contribution in [0.3, 0.4) is 0 Å². The standard InChI is InChI=1S/C4H11N.C2H3N.Na.H3O4P/c1-3-5-4-2;1-2-3;;1-5(2,3)4/h5H,3-4H2,1-2H3;1H3;;(H3,1,2,3,4)/q;;+1;/p-1. The van der Waals surface area contributed by atoms with Gasteiger partial charge >= 0.3 is 29.6 Å². The van der Waals surface area contributed by atoms with Crippen molar-refractivity contribution in [2.45, 2.75) is 20.8 Å². The zero-order valence-electron chi connectivity index (χ0n) is 9.02. The van der Waals surface area contributed by atoms with Gasteiger partial charge in [-0.15, -0.1) is 0 Å². The minimum atomic E-state index is -4.89. The van der Waals surface area contributed by atoms with E-state index in [1.54, 1.807) is 6.07 Å². The molecule has 0 saturated carbocycles. The van der Waals surface area contributed by atoms with Crippen LogP contribution in [0.15, 0.2) is 0 Å². The van der Waals surface area contributed by atoms with E-state index in [0.29, 0.717) is 0 Å². The molecule has 0 aliphatic carbocycles. The molecule has 0 aromatic rings. The first-order valence-electron chi connectivity index (χ1n) is 3.61. The van der Waals surface area contributed by atoms with Gasteiger partial charge in [-0.3, -0.25) is 4.57 Å². The van der Waals surface area contributed by atoms with Crippen molar-refractivity contribution in [3.8, 4) is 6.07 Å². The minimum Gasteiger partial charge on any atom is -0.756 e. The van der Waals surface area contributed by atoms with Gasteiger partial charge in [0, 0.05) is 6.92 Å². The number of nitriles is 1. The Kier molecular flexibility index (Phi) is 32.9. The van der Waals surface area contributed by atoms with Crippen LogP contribution < -0.4 is 39.8 Å². The van der Waals surface area contributed by atoms with Crippen LogP contribution in [0.25, 0.3) is 0 Å².